The molecule has 0 saturated heterocycles. The molecule has 1 unspecified atom stereocenters. The van der Waals surface area contributed by atoms with Gasteiger partial charge in [0.05, 0.1) is 16.6 Å². The summed E-state index contributed by atoms with van der Waals surface area (Å²) in [5, 5.41) is 16.4. The van der Waals surface area contributed by atoms with Crippen LogP contribution in [0.25, 0.3) is 5.65 Å². The van der Waals surface area contributed by atoms with E-state index in [1.165, 1.54) is 11.3 Å². The Balaban J connectivity index is 0.00000225. The van der Waals surface area contributed by atoms with Crippen LogP contribution in [0, 0.1) is 0 Å². The third-order valence-electron chi connectivity index (χ3n) is 3.46. The number of hydrogen-bond acceptors (Lipinski definition) is 4. The summed E-state index contributed by atoms with van der Waals surface area (Å²) in [6, 6.07) is 9.48. The number of pyridine rings is 1. The van der Waals surface area contributed by atoms with Gasteiger partial charge >= 0.3 is 0 Å². The van der Waals surface area contributed by atoms with Crippen LogP contribution in [0.3, 0.4) is 0 Å². The number of imidazole rings is 1. The zero-order valence-corrected chi connectivity index (χ0v) is 17.4. The predicted octanol–water partition coefficient (Wildman–Crippen LogP) is 3.07. The monoisotopic (exact) mass is 491 g/mol. The molecule has 6 nitrogen and oxygen atoms in total. The van der Waals surface area contributed by atoms with Crippen LogP contribution in [0.1, 0.15) is 16.7 Å². The molecule has 0 aliphatic carbocycles. The van der Waals surface area contributed by atoms with Crippen LogP contribution in [-0.2, 0) is 6.54 Å². The second kappa shape index (κ2) is 9.37. The fraction of sp³-hybridized carbons (Fsp3) is 0.250. The van der Waals surface area contributed by atoms with Crippen molar-refractivity contribution in [1.29, 1.82) is 0 Å². The standard InChI is InChI=1S/C16H18ClN5OS.HI/c1-18-16(20-9-12(23)13-5-6-14(17)24-13)19-8-11-10-22-7-3-2-4-15(22)21-11;/h2-7,10,12,23H,8-9H2,1H3,(H2,18,19,20);1H. The Morgan fingerprint density at radius 3 is 2.88 bits per heavy atom. The molecular weight excluding hydrogens is 473 g/mol. The molecule has 3 aromatic rings. The highest BCUT2D eigenvalue weighted by Crippen LogP contribution is 2.26. The largest absolute Gasteiger partial charge is 0.386 e. The highest BCUT2D eigenvalue weighted by Gasteiger charge is 2.11. The van der Waals surface area contributed by atoms with E-state index in [4.69, 9.17) is 11.6 Å². The van der Waals surface area contributed by atoms with E-state index in [2.05, 4.69) is 20.6 Å². The first-order valence-electron chi connectivity index (χ1n) is 7.46. The Morgan fingerprint density at radius 1 is 1.36 bits per heavy atom. The zero-order valence-electron chi connectivity index (χ0n) is 13.5. The number of aliphatic hydroxyl groups excluding tert-OH is 1. The minimum absolute atomic E-state index is 0. The molecule has 0 fully saturated rings. The van der Waals surface area contributed by atoms with Crippen molar-refractivity contribution in [3.63, 3.8) is 0 Å². The van der Waals surface area contributed by atoms with E-state index >= 15 is 0 Å². The number of guanidine groups is 1. The van der Waals surface area contributed by atoms with Gasteiger partial charge in [-0.05, 0) is 24.3 Å². The lowest BCUT2D eigenvalue weighted by Gasteiger charge is -2.14. The summed E-state index contributed by atoms with van der Waals surface area (Å²) in [5.74, 6) is 0.605. The Kier molecular flexibility index (Phi) is 7.48. The SMILES string of the molecule is CN=C(NCc1cn2ccccc2n1)NCC(O)c1ccc(Cl)s1.I. The van der Waals surface area contributed by atoms with Crippen molar-refractivity contribution >= 4 is 58.5 Å². The van der Waals surface area contributed by atoms with Crippen molar-refractivity contribution in [2.45, 2.75) is 12.6 Å². The van der Waals surface area contributed by atoms with Crippen LogP contribution in [0.2, 0.25) is 4.34 Å². The lowest BCUT2D eigenvalue weighted by molar-refractivity contribution is 0.184. The summed E-state index contributed by atoms with van der Waals surface area (Å²) in [6.07, 6.45) is 3.30. The van der Waals surface area contributed by atoms with Crippen LogP contribution in [0.15, 0.2) is 47.7 Å². The molecule has 0 amide bonds. The first-order valence-corrected chi connectivity index (χ1v) is 8.65. The van der Waals surface area contributed by atoms with Gasteiger partial charge in [-0.1, -0.05) is 17.7 Å². The summed E-state index contributed by atoms with van der Waals surface area (Å²) in [6.45, 7) is 0.893. The Morgan fingerprint density at radius 2 is 2.20 bits per heavy atom. The van der Waals surface area contributed by atoms with Crippen molar-refractivity contribution in [3.05, 3.63) is 57.6 Å². The molecule has 0 saturated carbocycles. The molecule has 25 heavy (non-hydrogen) atoms. The molecule has 0 aliphatic rings. The minimum atomic E-state index is -0.628. The molecule has 0 radical (unpaired) electrons. The van der Waals surface area contributed by atoms with Gasteiger partial charge in [0.1, 0.15) is 11.8 Å². The third-order valence-corrected chi connectivity index (χ3v) is 4.79. The maximum atomic E-state index is 10.1. The van der Waals surface area contributed by atoms with Gasteiger partial charge in [-0.15, -0.1) is 35.3 Å². The normalized spacial score (nSPS) is 12.7. The molecule has 0 aromatic carbocycles. The Bertz CT molecular complexity index is 817. The van der Waals surface area contributed by atoms with Crippen molar-refractivity contribution in [2.75, 3.05) is 13.6 Å². The van der Waals surface area contributed by atoms with E-state index in [-0.39, 0.29) is 24.0 Å². The van der Waals surface area contributed by atoms with Crippen molar-refractivity contribution in [3.8, 4) is 0 Å². The maximum absolute atomic E-state index is 10.1. The van der Waals surface area contributed by atoms with Crippen molar-refractivity contribution in [2.24, 2.45) is 4.99 Å². The first kappa shape index (κ1) is 20.0. The summed E-state index contributed by atoms with van der Waals surface area (Å²) in [7, 11) is 1.69. The molecule has 3 N–H and O–H groups in total. The van der Waals surface area contributed by atoms with Crippen LogP contribution in [-0.4, -0.2) is 34.0 Å². The van der Waals surface area contributed by atoms with E-state index < -0.39 is 6.10 Å². The van der Waals surface area contributed by atoms with E-state index in [1.807, 2.05) is 41.1 Å². The van der Waals surface area contributed by atoms with E-state index in [1.54, 1.807) is 13.1 Å². The first-order chi connectivity index (χ1) is 11.7. The highest BCUT2D eigenvalue weighted by molar-refractivity contribution is 14.0. The molecule has 0 bridgehead atoms. The number of nitrogens with zero attached hydrogens (tertiary/aromatic N) is 3. The van der Waals surface area contributed by atoms with Crippen LogP contribution in [0.5, 0.6) is 0 Å². The number of halogens is 2. The minimum Gasteiger partial charge on any atom is -0.386 e. The van der Waals surface area contributed by atoms with Gasteiger partial charge in [-0.2, -0.15) is 0 Å². The maximum Gasteiger partial charge on any atom is 0.191 e. The lowest BCUT2D eigenvalue weighted by Crippen LogP contribution is -2.38. The lowest BCUT2D eigenvalue weighted by atomic mass is 10.3. The third kappa shape index (κ3) is 5.30. The number of fused-ring (bicyclic) bond motifs is 1. The second-order valence-corrected chi connectivity index (χ2v) is 6.91. The highest BCUT2D eigenvalue weighted by atomic mass is 127. The Hall–Kier alpha value is -1.36. The van der Waals surface area contributed by atoms with Crippen LogP contribution >= 0.6 is 46.9 Å². The van der Waals surface area contributed by atoms with Gasteiger partial charge in [0.15, 0.2) is 5.96 Å². The Labute approximate surface area is 172 Å². The van der Waals surface area contributed by atoms with Gasteiger partial charge in [-0.25, -0.2) is 4.98 Å². The number of aliphatic imine (C=N–C) groups is 1. The molecule has 3 heterocycles. The van der Waals surface area contributed by atoms with Crippen LogP contribution < -0.4 is 10.6 Å². The number of aromatic nitrogens is 2. The van der Waals surface area contributed by atoms with Gasteiger partial charge in [0.25, 0.3) is 0 Å². The molecule has 3 aromatic heterocycles. The summed E-state index contributed by atoms with van der Waals surface area (Å²) in [5.41, 5.74) is 1.82. The average molecular weight is 492 g/mol. The van der Waals surface area contributed by atoms with Gasteiger partial charge in [0.2, 0.25) is 0 Å². The zero-order chi connectivity index (χ0) is 16.9. The fourth-order valence-electron chi connectivity index (χ4n) is 2.27. The number of nitrogens with one attached hydrogen (secondary N) is 2. The topological polar surface area (TPSA) is 74.0 Å². The second-order valence-electron chi connectivity index (χ2n) is 5.16. The smallest absolute Gasteiger partial charge is 0.191 e. The molecule has 1 atom stereocenters. The van der Waals surface area contributed by atoms with Gasteiger partial charge in [-0.3, -0.25) is 4.99 Å². The molecule has 3 rings (SSSR count). The van der Waals surface area contributed by atoms with E-state index in [0.29, 0.717) is 23.4 Å². The molecule has 9 heteroatoms. The average Bonchev–Trinajstić information content (AvgIpc) is 3.20. The van der Waals surface area contributed by atoms with Crippen LogP contribution in [0.4, 0.5) is 0 Å². The van der Waals surface area contributed by atoms with Crippen molar-refractivity contribution < 1.29 is 5.11 Å². The van der Waals surface area contributed by atoms with Crippen molar-refractivity contribution in [1.82, 2.24) is 20.0 Å². The molecule has 0 aliphatic heterocycles. The number of rotatable bonds is 5. The van der Waals surface area contributed by atoms with E-state index in [9.17, 15) is 5.11 Å². The quantitative estimate of drug-likeness (QED) is 0.291. The summed E-state index contributed by atoms with van der Waals surface area (Å²) >= 11 is 7.26. The number of aliphatic hydroxyl groups is 1. The summed E-state index contributed by atoms with van der Waals surface area (Å²) in [4.78, 5) is 9.50. The molecule has 0 spiro atoms. The predicted molar refractivity (Wildman–Crippen MR) is 113 cm³/mol. The molecule has 134 valence electrons. The number of hydrogen-bond donors (Lipinski definition) is 3. The van der Waals surface area contributed by atoms with Gasteiger partial charge < -0.3 is 20.1 Å². The van der Waals surface area contributed by atoms with E-state index in [0.717, 1.165) is 16.2 Å². The summed E-state index contributed by atoms with van der Waals surface area (Å²) < 4.78 is 2.63. The fourth-order valence-corrected chi connectivity index (χ4v) is 3.32. The van der Waals surface area contributed by atoms with Gasteiger partial charge in [0, 0.05) is 30.9 Å². The molecular formula is C16H19ClIN5OS. The number of thiophene rings is 1.